The molecule has 2 N–H and O–H groups in total. The van der Waals surface area contributed by atoms with Crippen molar-refractivity contribution in [1.29, 1.82) is 0 Å². The van der Waals surface area contributed by atoms with Gasteiger partial charge in [-0.2, -0.15) is 0 Å². The van der Waals surface area contributed by atoms with Gasteiger partial charge in [-0.25, -0.2) is 18.4 Å². The summed E-state index contributed by atoms with van der Waals surface area (Å²) in [6.45, 7) is 3.65. The molecular weight excluding hydrogens is 410 g/mol. The third-order valence-corrected chi connectivity index (χ3v) is 6.85. The number of aromatic nitrogens is 3. The van der Waals surface area contributed by atoms with Crippen molar-refractivity contribution in [1.82, 2.24) is 19.4 Å². The van der Waals surface area contributed by atoms with E-state index in [-0.39, 0.29) is 11.0 Å². The van der Waals surface area contributed by atoms with E-state index in [1.54, 1.807) is 4.57 Å². The van der Waals surface area contributed by atoms with E-state index in [1.165, 1.54) is 24.7 Å². The number of imidazole rings is 1. The van der Waals surface area contributed by atoms with Gasteiger partial charge in [0, 0.05) is 18.2 Å². The van der Waals surface area contributed by atoms with E-state index >= 15 is 0 Å². The van der Waals surface area contributed by atoms with Crippen LogP contribution in [0.1, 0.15) is 24.0 Å². The van der Waals surface area contributed by atoms with Gasteiger partial charge in [0.25, 0.3) is 0 Å². The molecule has 3 heterocycles. The van der Waals surface area contributed by atoms with Gasteiger partial charge in [0.05, 0.1) is 17.6 Å². The van der Waals surface area contributed by atoms with Crippen molar-refractivity contribution in [3.63, 3.8) is 0 Å². The zero-order chi connectivity index (χ0) is 21.6. The molecule has 1 saturated heterocycles. The highest BCUT2D eigenvalue weighted by Gasteiger charge is 2.23. The van der Waals surface area contributed by atoms with Gasteiger partial charge < -0.3 is 10.3 Å². The van der Waals surface area contributed by atoms with Gasteiger partial charge >= 0.3 is 0 Å². The molecule has 7 nitrogen and oxygen atoms in total. The fourth-order valence-electron chi connectivity index (χ4n) is 4.40. The van der Waals surface area contributed by atoms with Crippen LogP contribution in [0.25, 0.3) is 21.9 Å². The van der Waals surface area contributed by atoms with Crippen molar-refractivity contribution >= 4 is 37.6 Å². The standard InChI is InChI=1S/C23H25N5O2S/c1-31(29,30)23-26-20-21(18-6-2-3-7-19(18)25-22(20)24)28(23)15-17-10-8-16(9-11-17)14-27-12-4-5-13-27/h2-3,6-11H,4-5,12-15H2,1H3,(H2,24,25). The molecule has 0 radical (unpaired) electrons. The number of nitrogens with zero attached hydrogens (tertiary/aromatic N) is 4. The minimum Gasteiger partial charge on any atom is -0.382 e. The molecule has 1 aliphatic heterocycles. The molecular formula is C23H25N5O2S. The summed E-state index contributed by atoms with van der Waals surface area (Å²) in [5, 5.41) is 0.841. The number of nitrogens with two attached hydrogens (primary N) is 1. The summed E-state index contributed by atoms with van der Waals surface area (Å²) in [5.41, 5.74) is 10.3. The maximum Gasteiger partial charge on any atom is 0.228 e. The lowest BCUT2D eigenvalue weighted by Gasteiger charge is -2.15. The van der Waals surface area contributed by atoms with E-state index in [4.69, 9.17) is 5.73 Å². The predicted octanol–water partition coefficient (Wildman–Crippen LogP) is 3.21. The second-order valence-corrected chi connectivity index (χ2v) is 10.2. The van der Waals surface area contributed by atoms with Crippen LogP contribution in [0.5, 0.6) is 0 Å². The second kappa shape index (κ2) is 7.62. The number of anilines is 1. The van der Waals surface area contributed by atoms with Gasteiger partial charge in [0.2, 0.25) is 15.0 Å². The van der Waals surface area contributed by atoms with E-state index in [9.17, 15) is 8.42 Å². The van der Waals surface area contributed by atoms with Crippen molar-refractivity contribution in [2.75, 3.05) is 25.1 Å². The normalized spacial score (nSPS) is 15.3. The van der Waals surface area contributed by atoms with E-state index in [0.29, 0.717) is 17.6 Å². The summed E-state index contributed by atoms with van der Waals surface area (Å²) in [6, 6.07) is 16.0. The Morgan fingerprint density at radius 3 is 2.26 bits per heavy atom. The molecule has 0 aliphatic carbocycles. The molecule has 5 rings (SSSR count). The van der Waals surface area contributed by atoms with Gasteiger partial charge in [-0.05, 0) is 43.1 Å². The molecule has 31 heavy (non-hydrogen) atoms. The van der Waals surface area contributed by atoms with Crippen molar-refractivity contribution in [3.8, 4) is 0 Å². The Morgan fingerprint density at radius 1 is 0.935 bits per heavy atom. The lowest BCUT2D eigenvalue weighted by molar-refractivity contribution is 0.331. The first kappa shape index (κ1) is 20.0. The fourth-order valence-corrected chi connectivity index (χ4v) is 5.21. The maximum atomic E-state index is 12.6. The predicted molar refractivity (Wildman–Crippen MR) is 123 cm³/mol. The Hall–Kier alpha value is -2.97. The van der Waals surface area contributed by atoms with Crippen LogP contribution in [0.2, 0.25) is 0 Å². The zero-order valence-electron chi connectivity index (χ0n) is 17.5. The number of likely N-dealkylation sites (tertiary alicyclic amines) is 1. The number of benzene rings is 2. The topological polar surface area (TPSA) is 94.1 Å². The van der Waals surface area contributed by atoms with Crippen molar-refractivity contribution in [3.05, 3.63) is 59.7 Å². The Balaban J connectivity index is 1.60. The highest BCUT2D eigenvalue weighted by Crippen LogP contribution is 2.31. The molecule has 2 aromatic carbocycles. The number of fused-ring (bicyclic) bond motifs is 3. The van der Waals surface area contributed by atoms with Crippen molar-refractivity contribution in [2.24, 2.45) is 0 Å². The molecule has 0 spiro atoms. The fraction of sp³-hybridized carbons (Fsp3) is 0.304. The number of nitrogen functional groups attached to an aromatic ring is 1. The molecule has 8 heteroatoms. The second-order valence-electron chi connectivity index (χ2n) is 8.26. The van der Waals surface area contributed by atoms with Crippen LogP contribution in [-0.2, 0) is 22.9 Å². The van der Waals surface area contributed by atoms with E-state index in [1.807, 2.05) is 24.3 Å². The Morgan fingerprint density at radius 2 is 1.58 bits per heavy atom. The molecule has 0 atom stereocenters. The molecule has 0 saturated carbocycles. The number of rotatable bonds is 5. The van der Waals surface area contributed by atoms with Gasteiger partial charge in [-0.1, -0.05) is 42.5 Å². The molecule has 1 fully saturated rings. The average Bonchev–Trinajstić information content (AvgIpc) is 3.38. The average molecular weight is 436 g/mol. The lowest BCUT2D eigenvalue weighted by Crippen LogP contribution is -2.18. The largest absolute Gasteiger partial charge is 0.382 e. The molecule has 2 aromatic heterocycles. The Labute approximate surface area is 181 Å². The molecule has 0 bridgehead atoms. The van der Waals surface area contributed by atoms with E-state index < -0.39 is 9.84 Å². The number of para-hydroxylation sites is 1. The molecule has 0 amide bonds. The first-order valence-electron chi connectivity index (χ1n) is 10.4. The smallest absolute Gasteiger partial charge is 0.228 e. The van der Waals surface area contributed by atoms with Gasteiger partial charge in [-0.3, -0.25) is 4.90 Å². The van der Waals surface area contributed by atoms with Crippen LogP contribution >= 0.6 is 0 Å². The highest BCUT2D eigenvalue weighted by atomic mass is 32.2. The minimum absolute atomic E-state index is 0.00787. The summed E-state index contributed by atoms with van der Waals surface area (Å²) in [7, 11) is -3.56. The SMILES string of the molecule is CS(=O)(=O)c1nc2c(N)nc3ccccc3c2n1Cc1ccc(CN2CCCC2)cc1. The van der Waals surface area contributed by atoms with Crippen LogP contribution in [0.4, 0.5) is 5.82 Å². The minimum atomic E-state index is -3.56. The van der Waals surface area contributed by atoms with Crippen LogP contribution < -0.4 is 5.73 Å². The number of hydrogen-bond donors (Lipinski definition) is 1. The summed E-state index contributed by atoms with van der Waals surface area (Å²) in [5.74, 6) is 0.235. The van der Waals surface area contributed by atoms with E-state index in [0.717, 1.165) is 36.1 Å². The Kier molecular flexibility index (Phi) is 4.91. The summed E-state index contributed by atoms with van der Waals surface area (Å²) >= 11 is 0. The summed E-state index contributed by atoms with van der Waals surface area (Å²) in [4.78, 5) is 11.3. The molecule has 0 unspecified atom stereocenters. The highest BCUT2D eigenvalue weighted by molar-refractivity contribution is 7.90. The van der Waals surface area contributed by atoms with Crippen LogP contribution in [0.15, 0.2) is 53.7 Å². The van der Waals surface area contributed by atoms with Crippen molar-refractivity contribution in [2.45, 2.75) is 31.1 Å². The molecule has 160 valence electrons. The monoisotopic (exact) mass is 435 g/mol. The van der Waals surface area contributed by atoms with Gasteiger partial charge in [-0.15, -0.1) is 0 Å². The summed E-state index contributed by atoms with van der Waals surface area (Å²) < 4.78 is 26.9. The third kappa shape index (κ3) is 3.77. The van der Waals surface area contributed by atoms with Crippen molar-refractivity contribution < 1.29 is 8.42 Å². The molecule has 1 aliphatic rings. The van der Waals surface area contributed by atoms with Crippen LogP contribution in [0.3, 0.4) is 0 Å². The lowest BCUT2D eigenvalue weighted by atomic mass is 10.1. The number of pyridine rings is 1. The zero-order valence-corrected chi connectivity index (χ0v) is 18.3. The number of hydrogen-bond acceptors (Lipinski definition) is 6. The Bertz CT molecular complexity index is 1370. The number of sulfone groups is 1. The summed E-state index contributed by atoms with van der Waals surface area (Å²) in [6.07, 6.45) is 3.72. The van der Waals surface area contributed by atoms with Gasteiger partial charge in [0.15, 0.2) is 5.82 Å². The first-order chi connectivity index (χ1) is 14.9. The first-order valence-corrected chi connectivity index (χ1v) is 12.3. The third-order valence-electron chi connectivity index (χ3n) is 5.88. The quantitative estimate of drug-likeness (QED) is 0.517. The van der Waals surface area contributed by atoms with Crippen LogP contribution in [0, 0.1) is 0 Å². The molecule has 4 aromatic rings. The van der Waals surface area contributed by atoms with Crippen LogP contribution in [-0.4, -0.2) is 47.2 Å². The maximum absolute atomic E-state index is 12.6. The van der Waals surface area contributed by atoms with Gasteiger partial charge in [0.1, 0.15) is 5.52 Å². The van der Waals surface area contributed by atoms with E-state index in [2.05, 4.69) is 39.1 Å².